The van der Waals surface area contributed by atoms with Gasteiger partial charge in [0.25, 0.3) is 0 Å². The predicted molar refractivity (Wildman–Crippen MR) is 41.3 cm³/mol. The van der Waals surface area contributed by atoms with Crippen LogP contribution in [0.4, 0.5) is 0 Å². The first-order valence-electron chi connectivity index (χ1n) is 2.25. The van der Waals surface area contributed by atoms with Crippen molar-refractivity contribution in [1.82, 2.24) is 5.32 Å². The van der Waals surface area contributed by atoms with Crippen LogP contribution >= 0.6 is 18.0 Å². The summed E-state index contributed by atoms with van der Waals surface area (Å²) in [4.78, 5) is 0. The molecule has 0 fully saturated rings. The Balaban J connectivity index is 2.83. The van der Waals surface area contributed by atoms with Crippen LogP contribution in [0.15, 0.2) is 0 Å². The second kappa shape index (κ2) is 4.93. The van der Waals surface area contributed by atoms with Gasteiger partial charge >= 0.3 is 0 Å². The highest BCUT2D eigenvalue weighted by molar-refractivity contribution is 7.36. The highest BCUT2D eigenvalue weighted by Crippen LogP contribution is 2.04. The van der Waals surface area contributed by atoms with E-state index in [4.69, 9.17) is 5.50 Å². The molecule has 0 saturated carbocycles. The van der Waals surface area contributed by atoms with Crippen LogP contribution in [0.25, 0.3) is 0 Å². The van der Waals surface area contributed by atoms with Crippen LogP contribution in [0.2, 0.25) is 0 Å². The first-order valence-corrected chi connectivity index (χ1v) is 4.35. The van der Waals surface area contributed by atoms with E-state index in [0.717, 1.165) is 6.16 Å². The Morgan fingerprint density at radius 3 is 2.71 bits per heavy atom. The van der Waals surface area contributed by atoms with Crippen molar-refractivity contribution in [1.29, 1.82) is 0 Å². The molecule has 0 aromatic carbocycles. The van der Waals surface area contributed by atoms with E-state index in [-0.39, 0.29) is 0 Å². The molecular weight excluding hydrogens is 126 g/mol. The maximum Gasteiger partial charge on any atom is 0.117 e. The maximum absolute atomic E-state index is 5.30. The topological polar surface area (TPSA) is 38.0 Å². The second-order valence-electron chi connectivity index (χ2n) is 1.39. The highest BCUT2D eigenvalue weighted by atomic mass is 31.1. The molecule has 0 saturated heterocycles. The SMILES string of the molecule is CNC([PH3+])CPN. The average Bonchev–Trinajstić information content (AvgIpc) is 1.68. The molecule has 7 heavy (non-hydrogen) atoms. The summed E-state index contributed by atoms with van der Waals surface area (Å²) in [6.07, 6.45) is 1.11. The van der Waals surface area contributed by atoms with Gasteiger partial charge < -0.3 is 5.50 Å². The van der Waals surface area contributed by atoms with Gasteiger partial charge in [-0.05, 0) is 16.3 Å². The molecule has 44 valence electrons. The van der Waals surface area contributed by atoms with Crippen LogP contribution in [0, 0.1) is 0 Å². The largest absolute Gasteiger partial charge is 0.312 e. The molecule has 0 radical (unpaired) electrons. The fourth-order valence-corrected chi connectivity index (χ4v) is 1.23. The van der Waals surface area contributed by atoms with E-state index in [2.05, 4.69) is 5.32 Å². The molecule has 0 amide bonds. The molecule has 0 aliphatic rings. The molecule has 2 nitrogen and oxygen atoms in total. The summed E-state index contributed by atoms with van der Waals surface area (Å²) in [5.74, 6) is 0.614. The predicted octanol–water partition coefficient (Wildman–Crippen LogP) is -0.309. The second-order valence-corrected chi connectivity index (χ2v) is 3.20. The van der Waals surface area contributed by atoms with Crippen molar-refractivity contribution in [3.8, 4) is 0 Å². The van der Waals surface area contributed by atoms with Gasteiger partial charge in [0.1, 0.15) is 5.78 Å². The molecule has 4 heteroatoms. The van der Waals surface area contributed by atoms with Crippen molar-refractivity contribution >= 4 is 18.0 Å². The van der Waals surface area contributed by atoms with Crippen molar-refractivity contribution < 1.29 is 0 Å². The van der Waals surface area contributed by atoms with Gasteiger partial charge in [-0.25, -0.2) is 0 Å². The Morgan fingerprint density at radius 1 is 2.00 bits per heavy atom. The van der Waals surface area contributed by atoms with Gasteiger partial charge in [-0.3, -0.25) is 5.32 Å². The minimum atomic E-state index is 0.589. The van der Waals surface area contributed by atoms with Gasteiger partial charge in [0, 0.05) is 6.16 Å². The van der Waals surface area contributed by atoms with Crippen molar-refractivity contribution in [2.24, 2.45) is 5.50 Å². The van der Waals surface area contributed by atoms with E-state index in [9.17, 15) is 0 Å². The van der Waals surface area contributed by atoms with Crippen molar-refractivity contribution in [3.63, 3.8) is 0 Å². The monoisotopic (exact) mass is 139 g/mol. The lowest BCUT2D eigenvalue weighted by atomic mass is 10.7. The summed E-state index contributed by atoms with van der Waals surface area (Å²) < 4.78 is 0. The van der Waals surface area contributed by atoms with E-state index in [1.807, 2.05) is 16.3 Å². The Morgan fingerprint density at radius 2 is 2.57 bits per heavy atom. The molecule has 0 heterocycles. The number of nitrogens with two attached hydrogens (primary N) is 1. The summed E-state index contributed by atoms with van der Waals surface area (Å²) in [7, 11) is 4.49. The molecule has 3 N–H and O–H groups in total. The number of nitrogens with one attached hydrogen (secondary N) is 1. The van der Waals surface area contributed by atoms with Crippen LogP contribution in [0.5, 0.6) is 0 Å². The lowest BCUT2D eigenvalue weighted by molar-refractivity contribution is 0.814. The van der Waals surface area contributed by atoms with E-state index in [0.29, 0.717) is 14.5 Å². The zero-order valence-electron chi connectivity index (χ0n) is 4.57. The molecule has 0 bridgehead atoms. The van der Waals surface area contributed by atoms with Crippen LogP contribution in [0.3, 0.4) is 0 Å². The highest BCUT2D eigenvalue weighted by Gasteiger charge is 1.97. The quantitative estimate of drug-likeness (QED) is 0.526. The summed E-state index contributed by atoms with van der Waals surface area (Å²) in [5.41, 5.74) is 5.30. The van der Waals surface area contributed by atoms with Gasteiger partial charge in [0.05, 0.1) is 0 Å². The van der Waals surface area contributed by atoms with Gasteiger partial charge in [0.2, 0.25) is 0 Å². The van der Waals surface area contributed by atoms with E-state index in [1.54, 1.807) is 0 Å². The van der Waals surface area contributed by atoms with Crippen molar-refractivity contribution in [2.75, 3.05) is 13.2 Å². The lowest BCUT2D eigenvalue weighted by Crippen LogP contribution is -2.20. The zero-order chi connectivity index (χ0) is 5.70. The minimum absolute atomic E-state index is 0.589. The minimum Gasteiger partial charge on any atom is -0.312 e. The van der Waals surface area contributed by atoms with Gasteiger partial charge in [0.15, 0.2) is 0 Å². The summed E-state index contributed by atoms with van der Waals surface area (Å²) >= 11 is 0. The molecule has 3 atom stereocenters. The van der Waals surface area contributed by atoms with Crippen LogP contribution in [-0.4, -0.2) is 19.0 Å². The van der Waals surface area contributed by atoms with Crippen LogP contribution in [-0.2, 0) is 0 Å². The van der Waals surface area contributed by atoms with Crippen LogP contribution in [0.1, 0.15) is 0 Å². The third kappa shape index (κ3) is 4.64. The molecule has 0 rings (SSSR count). The summed E-state index contributed by atoms with van der Waals surface area (Å²) in [6.45, 7) is 0. The third-order valence-electron chi connectivity index (χ3n) is 0.772. The van der Waals surface area contributed by atoms with Crippen molar-refractivity contribution in [2.45, 2.75) is 5.78 Å². The number of hydrogen-bond donors (Lipinski definition) is 2. The van der Waals surface area contributed by atoms with Gasteiger partial charge in [-0.1, -0.05) is 8.73 Å². The molecule has 0 aliphatic heterocycles. The first-order chi connectivity index (χ1) is 3.31. The Kier molecular flexibility index (Phi) is 5.48. The zero-order valence-corrected chi connectivity index (χ0v) is 6.98. The Bertz CT molecular complexity index is 41.9. The first kappa shape index (κ1) is 7.78. The number of rotatable bonds is 3. The molecule has 0 aliphatic carbocycles. The van der Waals surface area contributed by atoms with E-state index >= 15 is 0 Å². The van der Waals surface area contributed by atoms with Crippen molar-refractivity contribution in [3.05, 3.63) is 0 Å². The molecule has 0 aromatic rings. The van der Waals surface area contributed by atoms with Gasteiger partial charge in [-0.15, -0.1) is 0 Å². The van der Waals surface area contributed by atoms with E-state index < -0.39 is 0 Å². The molecule has 3 unspecified atom stereocenters. The standard InChI is InChI=1S/C3H12N2P2/c1-5-3(6)2-7-4/h3,5,7H,2,4,6H2,1H3/p+1. The van der Waals surface area contributed by atoms with E-state index in [1.165, 1.54) is 0 Å². The molecular formula is C3H13N2P2+. The Labute approximate surface area is 48.7 Å². The lowest BCUT2D eigenvalue weighted by Gasteiger charge is -1.99. The number of hydrogen-bond acceptors (Lipinski definition) is 2. The fraction of sp³-hybridized carbons (Fsp3) is 1.00. The summed E-state index contributed by atoms with van der Waals surface area (Å²) in [6, 6.07) is 0. The third-order valence-corrected chi connectivity index (χ3v) is 2.78. The normalized spacial score (nSPS) is 16.3. The fourth-order valence-electron chi connectivity index (χ4n) is 0.244. The Hall–Kier alpha value is 0.780. The van der Waals surface area contributed by atoms with Crippen LogP contribution < -0.4 is 10.8 Å². The molecule has 0 aromatic heterocycles. The maximum atomic E-state index is 5.30. The summed E-state index contributed by atoms with van der Waals surface area (Å²) in [5, 5.41) is 3.11. The smallest absolute Gasteiger partial charge is 0.117 e. The van der Waals surface area contributed by atoms with Gasteiger partial charge in [-0.2, -0.15) is 0 Å². The average molecular weight is 139 g/mol. The molecule has 0 spiro atoms.